The molecule has 1 N–H and O–H groups in total. The van der Waals surface area contributed by atoms with Crippen LogP contribution in [0.4, 0.5) is 0 Å². The number of carbonyl (C=O) groups excluding carboxylic acids is 1. The highest BCUT2D eigenvalue weighted by molar-refractivity contribution is 9.10. The van der Waals surface area contributed by atoms with Gasteiger partial charge in [0.1, 0.15) is 0 Å². The number of aromatic nitrogens is 1. The predicted molar refractivity (Wildman–Crippen MR) is 97.2 cm³/mol. The molecule has 1 amide bonds. The Morgan fingerprint density at radius 1 is 1.29 bits per heavy atom. The van der Waals surface area contributed by atoms with Gasteiger partial charge in [-0.3, -0.25) is 9.78 Å². The number of fused-ring (bicyclic) bond motifs is 2. The molecule has 3 aliphatic rings. The summed E-state index contributed by atoms with van der Waals surface area (Å²) in [6.07, 6.45) is 1.73. The van der Waals surface area contributed by atoms with Crippen LogP contribution in [-0.4, -0.2) is 27.6 Å². The van der Waals surface area contributed by atoms with Gasteiger partial charge in [0.25, 0.3) is 5.91 Å². The monoisotopic (exact) mass is 388 g/mol. The maximum atomic E-state index is 13.1. The van der Waals surface area contributed by atoms with Crippen molar-refractivity contribution in [3.8, 4) is 0 Å². The second-order valence-corrected chi connectivity index (χ2v) is 8.75. The fourth-order valence-electron chi connectivity index (χ4n) is 4.52. The normalized spacial score (nSPS) is 30.2. The number of nitrogens with one attached hydrogen (secondary N) is 1. The molecule has 2 saturated heterocycles. The second kappa shape index (κ2) is 4.79. The van der Waals surface area contributed by atoms with E-state index in [0.29, 0.717) is 5.56 Å². The van der Waals surface area contributed by atoms with E-state index >= 15 is 0 Å². The Kier molecular flexibility index (Phi) is 3.20. The lowest BCUT2D eigenvalue weighted by atomic mass is 9.63. The summed E-state index contributed by atoms with van der Waals surface area (Å²) in [7, 11) is 0. The second-order valence-electron chi connectivity index (χ2n) is 7.90. The van der Waals surface area contributed by atoms with Crippen LogP contribution in [0.5, 0.6) is 0 Å². The van der Waals surface area contributed by atoms with Crippen molar-refractivity contribution in [1.29, 1.82) is 0 Å². The molecule has 4 nitrogen and oxygen atoms in total. The molecular weight excluding hydrogens is 368 g/mol. The average molecular weight is 389 g/mol. The molecule has 1 aliphatic carbocycles. The van der Waals surface area contributed by atoms with Crippen LogP contribution < -0.4 is 5.32 Å². The Bertz CT molecular complexity index is 869. The zero-order valence-corrected chi connectivity index (χ0v) is 16.0. The van der Waals surface area contributed by atoms with Gasteiger partial charge < -0.3 is 10.1 Å². The minimum atomic E-state index is -0.355. The third-order valence-electron chi connectivity index (χ3n) is 5.51. The van der Waals surface area contributed by atoms with E-state index < -0.39 is 0 Å². The SMILES string of the molecule is Cc1cc(C(=O)NC23CC(C)(C2)OC3(C)C)c2c(Br)cccc2n1. The van der Waals surface area contributed by atoms with Crippen molar-refractivity contribution in [2.24, 2.45) is 0 Å². The molecule has 1 aromatic carbocycles. The summed E-state index contributed by atoms with van der Waals surface area (Å²) in [6, 6.07) is 7.67. The largest absolute Gasteiger partial charge is 0.367 e. The maximum absolute atomic E-state index is 13.1. The molecular formula is C19H21BrN2O2. The summed E-state index contributed by atoms with van der Waals surface area (Å²) in [4.78, 5) is 17.7. The van der Waals surface area contributed by atoms with Gasteiger partial charge in [-0.25, -0.2) is 0 Å². The first-order valence-electron chi connectivity index (χ1n) is 8.23. The Morgan fingerprint density at radius 3 is 2.62 bits per heavy atom. The van der Waals surface area contributed by atoms with Gasteiger partial charge >= 0.3 is 0 Å². The summed E-state index contributed by atoms with van der Waals surface area (Å²) in [6.45, 7) is 8.17. The molecule has 5 rings (SSSR count). The van der Waals surface area contributed by atoms with E-state index in [9.17, 15) is 4.79 Å². The van der Waals surface area contributed by atoms with Crippen LogP contribution in [0.1, 0.15) is 49.7 Å². The van der Waals surface area contributed by atoms with Gasteiger partial charge in [-0.1, -0.05) is 22.0 Å². The third-order valence-corrected chi connectivity index (χ3v) is 6.17. The molecule has 0 unspecified atom stereocenters. The van der Waals surface area contributed by atoms with E-state index in [1.54, 1.807) is 0 Å². The van der Waals surface area contributed by atoms with Crippen LogP contribution in [0, 0.1) is 6.92 Å². The van der Waals surface area contributed by atoms with Crippen LogP contribution in [-0.2, 0) is 4.74 Å². The lowest BCUT2D eigenvalue weighted by Crippen LogP contribution is -2.63. The highest BCUT2D eigenvalue weighted by atomic mass is 79.9. The molecule has 3 heterocycles. The van der Waals surface area contributed by atoms with Gasteiger partial charge in [-0.15, -0.1) is 0 Å². The molecule has 1 saturated carbocycles. The van der Waals surface area contributed by atoms with Gasteiger partial charge in [0.05, 0.1) is 27.8 Å². The van der Waals surface area contributed by atoms with E-state index in [0.717, 1.165) is 33.9 Å². The van der Waals surface area contributed by atoms with Crippen molar-refractivity contribution < 1.29 is 9.53 Å². The van der Waals surface area contributed by atoms with Gasteiger partial charge in [-0.2, -0.15) is 0 Å². The minimum Gasteiger partial charge on any atom is -0.367 e. The molecule has 0 atom stereocenters. The Labute approximate surface area is 150 Å². The summed E-state index contributed by atoms with van der Waals surface area (Å²) < 4.78 is 7.03. The topological polar surface area (TPSA) is 51.2 Å². The average Bonchev–Trinajstić information content (AvgIpc) is 2.75. The fraction of sp³-hybridized carbons (Fsp3) is 0.474. The first kappa shape index (κ1) is 16.0. The number of pyridine rings is 1. The molecule has 0 radical (unpaired) electrons. The molecule has 2 aromatic rings. The Morgan fingerprint density at radius 2 is 2.00 bits per heavy atom. The third kappa shape index (κ3) is 2.14. The van der Waals surface area contributed by atoms with Gasteiger partial charge in [0, 0.05) is 28.4 Å². The number of nitrogens with zero attached hydrogens (tertiary/aromatic N) is 1. The first-order chi connectivity index (χ1) is 11.1. The van der Waals surface area contributed by atoms with Crippen molar-refractivity contribution in [2.75, 3.05) is 0 Å². The van der Waals surface area contributed by atoms with Crippen LogP contribution in [0.3, 0.4) is 0 Å². The van der Waals surface area contributed by atoms with Crippen molar-refractivity contribution in [2.45, 2.75) is 57.3 Å². The lowest BCUT2D eigenvalue weighted by Gasteiger charge is -2.46. The standard InChI is InChI=1S/C19H21BrN2O2/c1-11-8-12(15-13(20)6-5-7-14(15)21-11)16(23)22-19-9-18(4,10-19)24-17(19,2)3/h5-8H,9-10H2,1-4H3,(H,22,23). The molecule has 126 valence electrons. The number of benzene rings is 1. The predicted octanol–water partition coefficient (Wildman–Crippen LogP) is 4.14. The van der Waals surface area contributed by atoms with Gasteiger partial charge in [0.2, 0.25) is 0 Å². The van der Waals surface area contributed by atoms with Gasteiger partial charge in [0.15, 0.2) is 0 Å². The number of hydrogen-bond donors (Lipinski definition) is 1. The van der Waals surface area contributed by atoms with E-state index in [2.05, 4.69) is 47.0 Å². The Balaban J connectivity index is 1.75. The van der Waals surface area contributed by atoms with E-state index in [1.165, 1.54) is 0 Å². The van der Waals surface area contributed by atoms with Crippen LogP contribution in [0.25, 0.3) is 10.9 Å². The minimum absolute atomic E-state index is 0.0574. The molecule has 3 fully saturated rings. The maximum Gasteiger partial charge on any atom is 0.252 e. The van der Waals surface area contributed by atoms with Crippen LogP contribution >= 0.6 is 15.9 Å². The summed E-state index contributed by atoms with van der Waals surface area (Å²) in [5.41, 5.74) is 1.58. The fourth-order valence-corrected chi connectivity index (χ4v) is 5.08. The van der Waals surface area contributed by atoms with Crippen molar-refractivity contribution in [1.82, 2.24) is 10.3 Å². The Hall–Kier alpha value is -1.46. The molecule has 2 bridgehead atoms. The molecule has 1 aromatic heterocycles. The number of carbonyl (C=O) groups is 1. The first-order valence-corrected chi connectivity index (χ1v) is 9.03. The number of rotatable bonds is 2. The molecule has 24 heavy (non-hydrogen) atoms. The van der Waals surface area contributed by atoms with E-state index in [1.807, 2.05) is 31.2 Å². The number of ether oxygens (including phenoxy) is 1. The summed E-state index contributed by atoms with van der Waals surface area (Å²) in [5.74, 6) is -0.0574. The van der Waals surface area contributed by atoms with Crippen molar-refractivity contribution >= 4 is 32.7 Å². The van der Waals surface area contributed by atoms with E-state index in [4.69, 9.17) is 4.74 Å². The number of aryl methyl sites for hydroxylation is 1. The van der Waals surface area contributed by atoms with Crippen LogP contribution in [0.2, 0.25) is 0 Å². The summed E-state index contributed by atoms with van der Waals surface area (Å²) in [5, 5.41) is 4.14. The van der Waals surface area contributed by atoms with E-state index in [-0.39, 0.29) is 22.6 Å². The quantitative estimate of drug-likeness (QED) is 0.840. The molecule has 0 spiro atoms. The van der Waals surface area contributed by atoms with Crippen molar-refractivity contribution in [3.63, 3.8) is 0 Å². The van der Waals surface area contributed by atoms with Crippen molar-refractivity contribution in [3.05, 3.63) is 40.0 Å². The molecule has 2 aliphatic heterocycles. The highest BCUT2D eigenvalue weighted by Gasteiger charge is 2.70. The van der Waals surface area contributed by atoms with Crippen LogP contribution in [0.15, 0.2) is 28.7 Å². The van der Waals surface area contributed by atoms with Gasteiger partial charge in [-0.05, 0) is 45.9 Å². The zero-order chi connectivity index (χ0) is 17.3. The number of amides is 1. The number of hydrogen-bond acceptors (Lipinski definition) is 3. The highest BCUT2D eigenvalue weighted by Crippen LogP contribution is 2.60. The lowest BCUT2D eigenvalue weighted by molar-refractivity contribution is -0.0426. The molecule has 5 heteroatoms. The zero-order valence-electron chi connectivity index (χ0n) is 14.4. The summed E-state index contributed by atoms with van der Waals surface area (Å²) >= 11 is 3.56. The smallest absolute Gasteiger partial charge is 0.252 e. The number of halogens is 1.